The Morgan fingerprint density at radius 3 is 2.62 bits per heavy atom. The molecule has 2 aromatic carbocycles. The molecule has 4 nitrogen and oxygen atoms in total. The van der Waals surface area contributed by atoms with Gasteiger partial charge in [-0.2, -0.15) is 0 Å². The first-order chi connectivity index (χ1) is 13.9. The third kappa shape index (κ3) is 6.37. The van der Waals surface area contributed by atoms with Crippen LogP contribution in [0.4, 0.5) is 0 Å². The van der Waals surface area contributed by atoms with Crippen molar-refractivity contribution in [1.82, 2.24) is 9.62 Å². The zero-order valence-electron chi connectivity index (χ0n) is 16.4. The van der Waals surface area contributed by atoms with Gasteiger partial charge in [0, 0.05) is 29.2 Å². The summed E-state index contributed by atoms with van der Waals surface area (Å²) in [5.41, 5.74) is 0.981. The highest BCUT2D eigenvalue weighted by molar-refractivity contribution is 7.89. The molecule has 0 aliphatic carbocycles. The molecule has 0 radical (unpaired) electrons. The molecule has 0 saturated carbocycles. The highest BCUT2D eigenvalue weighted by Gasteiger charge is 2.31. The fourth-order valence-corrected chi connectivity index (χ4v) is 5.00. The number of carbonyl (C=O) groups is 1. The van der Waals surface area contributed by atoms with Gasteiger partial charge in [0.2, 0.25) is 5.91 Å². The van der Waals surface area contributed by atoms with Crippen LogP contribution in [0.3, 0.4) is 0 Å². The second-order valence-electron chi connectivity index (χ2n) is 7.53. The van der Waals surface area contributed by atoms with Crippen molar-refractivity contribution in [3.05, 3.63) is 64.1 Å². The maximum Gasteiger partial charge on any atom is 0.244 e. The molecule has 1 N–H and O–H groups in total. The zero-order valence-corrected chi connectivity index (χ0v) is 18.8. The van der Waals surface area contributed by atoms with Gasteiger partial charge in [-0.25, -0.2) is 0 Å². The van der Waals surface area contributed by atoms with E-state index in [1.807, 2.05) is 29.2 Å². The van der Waals surface area contributed by atoms with Crippen molar-refractivity contribution in [1.29, 1.82) is 0 Å². The standard InChI is InChI=1S/C22H26Cl2N2O2S/c1-16-11-13-26(14-12-16)22(27)21(10-9-17-5-2-3-8-20(17)24)25-29(28)19-7-4-6-18(23)15-19/h2-8,15-16,21,25H,9-14H2,1H3. The van der Waals surface area contributed by atoms with Crippen LogP contribution in [0.15, 0.2) is 53.4 Å². The van der Waals surface area contributed by atoms with Crippen LogP contribution >= 0.6 is 23.2 Å². The van der Waals surface area contributed by atoms with Gasteiger partial charge >= 0.3 is 0 Å². The molecule has 0 spiro atoms. The van der Waals surface area contributed by atoms with E-state index < -0.39 is 17.4 Å². The number of hydrogen-bond acceptors (Lipinski definition) is 3. The number of aryl methyl sites for hydroxylation is 1. The molecular weight excluding hydrogens is 427 g/mol. The predicted molar refractivity (Wildman–Crippen MR) is 120 cm³/mol. The average Bonchev–Trinajstić information content (AvgIpc) is 2.72. The second kappa shape index (κ2) is 10.7. The topological polar surface area (TPSA) is 55.4 Å². The van der Waals surface area contributed by atoms with E-state index in [0.29, 0.717) is 33.7 Å². The van der Waals surface area contributed by atoms with Gasteiger partial charge in [0.15, 0.2) is 4.90 Å². The highest BCUT2D eigenvalue weighted by atomic mass is 35.5. The third-order valence-corrected chi connectivity index (χ3v) is 7.10. The molecule has 1 fully saturated rings. The summed E-state index contributed by atoms with van der Waals surface area (Å²) in [6.45, 7) is 3.70. The van der Waals surface area contributed by atoms with Crippen LogP contribution < -0.4 is 4.72 Å². The van der Waals surface area contributed by atoms with Gasteiger partial charge < -0.3 is 9.45 Å². The lowest BCUT2D eigenvalue weighted by molar-refractivity contribution is -0.134. The zero-order chi connectivity index (χ0) is 20.8. The highest BCUT2D eigenvalue weighted by Crippen LogP contribution is 2.22. The van der Waals surface area contributed by atoms with Crippen LogP contribution in [-0.2, 0) is 22.6 Å². The Morgan fingerprint density at radius 1 is 1.21 bits per heavy atom. The summed E-state index contributed by atoms with van der Waals surface area (Å²) in [6.07, 6.45) is 3.14. The van der Waals surface area contributed by atoms with Crippen molar-refractivity contribution in [2.75, 3.05) is 13.1 Å². The van der Waals surface area contributed by atoms with Crippen LogP contribution in [0, 0.1) is 5.92 Å². The van der Waals surface area contributed by atoms with E-state index in [9.17, 15) is 9.35 Å². The van der Waals surface area contributed by atoms with Gasteiger partial charge in [-0.05, 0) is 55.4 Å². The number of nitrogens with one attached hydrogen (secondary N) is 1. The van der Waals surface area contributed by atoms with Crippen molar-refractivity contribution in [3.8, 4) is 0 Å². The normalized spacial score (nSPS) is 17.2. The van der Waals surface area contributed by atoms with E-state index in [4.69, 9.17) is 23.2 Å². The largest absolute Gasteiger partial charge is 0.593 e. The summed E-state index contributed by atoms with van der Waals surface area (Å²) in [5, 5.41) is 1.20. The Kier molecular flexibility index (Phi) is 8.27. The summed E-state index contributed by atoms with van der Waals surface area (Å²) < 4.78 is 15.9. The number of rotatable bonds is 7. The van der Waals surface area contributed by atoms with E-state index in [0.717, 1.165) is 31.5 Å². The van der Waals surface area contributed by atoms with Crippen molar-refractivity contribution in [3.63, 3.8) is 0 Å². The molecule has 2 aromatic rings. The molecule has 29 heavy (non-hydrogen) atoms. The minimum Gasteiger partial charge on any atom is -0.593 e. The first kappa shape index (κ1) is 22.4. The molecular formula is C22H26Cl2N2O2S. The quantitative estimate of drug-likeness (QED) is 0.609. The first-order valence-electron chi connectivity index (χ1n) is 9.89. The van der Waals surface area contributed by atoms with E-state index >= 15 is 0 Å². The molecule has 2 atom stereocenters. The van der Waals surface area contributed by atoms with Crippen molar-refractivity contribution < 1.29 is 9.35 Å². The lowest BCUT2D eigenvalue weighted by Crippen LogP contribution is -2.50. The monoisotopic (exact) mass is 452 g/mol. The number of hydrogen-bond donors (Lipinski definition) is 1. The van der Waals surface area contributed by atoms with Crippen molar-refractivity contribution in [2.45, 2.75) is 43.5 Å². The molecule has 1 heterocycles. The van der Waals surface area contributed by atoms with Gasteiger partial charge in [0.1, 0.15) is 6.04 Å². The van der Waals surface area contributed by atoms with E-state index in [1.54, 1.807) is 24.3 Å². The molecule has 1 aliphatic rings. The number of benzene rings is 2. The second-order valence-corrected chi connectivity index (χ2v) is 9.62. The Hall–Kier alpha value is -1.24. The molecule has 2 unspecified atom stereocenters. The lowest BCUT2D eigenvalue weighted by atomic mass is 9.98. The average molecular weight is 453 g/mol. The molecule has 156 valence electrons. The Bertz CT molecular complexity index is 828. The molecule has 0 bridgehead atoms. The fraction of sp³-hybridized carbons (Fsp3) is 0.409. The first-order valence-corrected chi connectivity index (χ1v) is 11.8. The number of halogens is 2. The number of amides is 1. The Labute approximate surface area is 185 Å². The molecule has 7 heteroatoms. The summed E-state index contributed by atoms with van der Waals surface area (Å²) in [7, 11) is 0. The summed E-state index contributed by atoms with van der Waals surface area (Å²) in [5.74, 6) is 0.633. The summed E-state index contributed by atoms with van der Waals surface area (Å²) in [6, 6.07) is 14.0. The van der Waals surface area contributed by atoms with Crippen LogP contribution in [-0.4, -0.2) is 34.5 Å². The molecule has 3 rings (SSSR count). The molecule has 0 aromatic heterocycles. The van der Waals surface area contributed by atoms with Crippen molar-refractivity contribution >= 4 is 40.5 Å². The Morgan fingerprint density at radius 2 is 1.93 bits per heavy atom. The lowest BCUT2D eigenvalue weighted by Gasteiger charge is -2.33. The molecule has 1 amide bonds. The minimum absolute atomic E-state index is 0.000619. The van der Waals surface area contributed by atoms with Gasteiger partial charge in [0.05, 0.1) is 11.4 Å². The Balaban J connectivity index is 1.73. The molecule has 1 aliphatic heterocycles. The summed E-state index contributed by atoms with van der Waals surface area (Å²) in [4.78, 5) is 15.7. The summed E-state index contributed by atoms with van der Waals surface area (Å²) >= 11 is 10.8. The maximum atomic E-state index is 13.2. The molecule has 1 saturated heterocycles. The number of likely N-dealkylation sites (tertiary alicyclic amines) is 1. The van der Waals surface area contributed by atoms with Gasteiger partial charge in [-0.3, -0.25) is 4.79 Å². The van der Waals surface area contributed by atoms with Crippen LogP contribution in [0.25, 0.3) is 0 Å². The van der Waals surface area contributed by atoms with E-state index in [-0.39, 0.29) is 5.91 Å². The number of carbonyl (C=O) groups excluding carboxylic acids is 1. The number of piperidine rings is 1. The van der Waals surface area contributed by atoms with Gasteiger partial charge in [0.25, 0.3) is 0 Å². The maximum absolute atomic E-state index is 13.2. The van der Waals surface area contributed by atoms with Crippen molar-refractivity contribution in [2.24, 2.45) is 5.92 Å². The minimum atomic E-state index is -1.53. The van der Waals surface area contributed by atoms with E-state index in [2.05, 4.69) is 11.6 Å². The number of nitrogens with zero attached hydrogens (tertiary/aromatic N) is 1. The van der Waals surface area contributed by atoms with Crippen LogP contribution in [0.2, 0.25) is 10.0 Å². The van der Waals surface area contributed by atoms with Crippen LogP contribution in [0.5, 0.6) is 0 Å². The predicted octanol–water partition coefficient (Wildman–Crippen LogP) is 4.87. The fourth-order valence-electron chi connectivity index (χ4n) is 3.46. The third-order valence-electron chi connectivity index (χ3n) is 5.31. The SMILES string of the molecule is CC1CCN(C(=O)C(CCc2ccccc2Cl)N[S+]([O-])c2cccc(Cl)c2)CC1. The van der Waals surface area contributed by atoms with Gasteiger partial charge in [-0.15, -0.1) is 4.72 Å². The smallest absolute Gasteiger partial charge is 0.244 e. The van der Waals surface area contributed by atoms with E-state index in [1.165, 1.54) is 0 Å². The van der Waals surface area contributed by atoms with Gasteiger partial charge in [-0.1, -0.05) is 54.4 Å². The van der Waals surface area contributed by atoms with Crippen LogP contribution in [0.1, 0.15) is 31.7 Å².